The number of rotatable bonds is 6. The summed E-state index contributed by atoms with van der Waals surface area (Å²) in [6.07, 6.45) is 1.64. The molecule has 1 aromatic heterocycles. The molecule has 0 fully saturated rings. The molecule has 1 heterocycles. The first-order valence-corrected chi connectivity index (χ1v) is 5.89. The Morgan fingerprint density at radius 2 is 2.17 bits per heavy atom. The van der Waals surface area contributed by atoms with Crippen molar-refractivity contribution in [2.45, 2.75) is 19.9 Å². The maximum atomic E-state index is 11.6. The van der Waals surface area contributed by atoms with Crippen LogP contribution in [0.15, 0.2) is 18.3 Å². The van der Waals surface area contributed by atoms with Gasteiger partial charge in [-0.25, -0.2) is 9.78 Å². The minimum absolute atomic E-state index is 0.0910. The zero-order chi connectivity index (χ0) is 13.5. The Morgan fingerprint density at radius 3 is 2.72 bits per heavy atom. The van der Waals surface area contributed by atoms with Gasteiger partial charge in [-0.3, -0.25) is 0 Å². The lowest BCUT2D eigenvalue weighted by Gasteiger charge is -2.23. The molecule has 18 heavy (non-hydrogen) atoms. The van der Waals surface area contributed by atoms with Crippen LogP contribution in [0.5, 0.6) is 0 Å². The number of ether oxygens (including phenoxy) is 2. The van der Waals surface area contributed by atoms with Crippen LogP contribution in [-0.4, -0.2) is 37.8 Å². The SMILES string of the molecule is COCC(Nc1ncccc1C(=O)OC)C(C)C. The van der Waals surface area contributed by atoms with Crippen LogP contribution in [-0.2, 0) is 9.47 Å². The van der Waals surface area contributed by atoms with E-state index in [0.29, 0.717) is 23.9 Å². The highest BCUT2D eigenvalue weighted by Crippen LogP contribution is 2.16. The number of esters is 1. The lowest BCUT2D eigenvalue weighted by Crippen LogP contribution is -2.31. The van der Waals surface area contributed by atoms with Gasteiger partial charge in [-0.15, -0.1) is 0 Å². The maximum absolute atomic E-state index is 11.6. The summed E-state index contributed by atoms with van der Waals surface area (Å²) >= 11 is 0. The fraction of sp³-hybridized carbons (Fsp3) is 0.538. The minimum Gasteiger partial charge on any atom is -0.465 e. The molecule has 0 aliphatic carbocycles. The molecule has 0 aromatic carbocycles. The van der Waals surface area contributed by atoms with Gasteiger partial charge >= 0.3 is 5.97 Å². The third-order valence-electron chi connectivity index (χ3n) is 2.69. The molecule has 0 amide bonds. The predicted molar refractivity (Wildman–Crippen MR) is 69.7 cm³/mol. The number of carbonyl (C=O) groups is 1. The fourth-order valence-electron chi connectivity index (χ4n) is 1.55. The molecular weight excluding hydrogens is 232 g/mol. The van der Waals surface area contributed by atoms with Crippen molar-refractivity contribution < 1.29 is 14.3 Å². The number of anilines is 1. The van der Waals surface area contributed by atoms with Gasteiger partial charge in [0.2, 0.25) is 0 Å². The average molecular weight is 252 g/mol. The molecule has 0 spiro atoms. The zero-order valence-corrected chi connectivity index (χ0v) is 11.3. The van der Waals surface area contributed by atoms with E-state index in [4.69, 9.17) is 9.47 Å². The summed E-state index contributed by atoms with van der Waals surface area (Å²) in [4.78, 5) is 15.8. The van der Waals surface area contributed by atoms with E-state index in [9.17, 15) is 4.79 Å². The van der Waals surface area contributed by atoms with Crippen molar-refractivity contribution in [2.75, 3.05) is 26.1 Å². The molecule has 1 rings (SSSR count). The predicted octanol–water partition coefficient (Wildman–Crippen LogP) is 1.95. The van der Waals surface area contributed by atoms with Crippen LogP contribution in [0.25, 0.3) is 0 Å². The summed E-state index contributed by atoms with van der Waals surface area (Å²) < 4.78 is 9.89. The highest BCUT2D eigenvalue weighted by Gasteiger charge is 2.18. The summed E-state index contributed by atoms with van der Waals surface area (Å²) in [5.41, 5.74) is 0.432. The average Bonchev–Trinajstić information content (AvgIpc) is 2.37. The molecule has 0 radical (unpaired) electrons. The zero-order valence-electron chi connectivity index (χ0n) is 11.3. The molecule has 0 saturated heterocycles. The van der Waals surface area contributed by atoms with Crippen LogP contribution in [0.2, 0.25) is 0 Å². The van der Waals surface area contributed by atoms with E-state index < -0.39 is 5.97 Å². The van der Waals surface area contributed by atoms with Gasteiger partial charge in [0, 0.05) is 13.3 Å². The van der Waals surface area contributed by atoms with E-state index in [1.165, 1.54) is 7.11 Å². The Morgan fingerprint density at radius 1 is 1.44 bits per heavy atom. The molecule has 1 N–H and O–H groups in total. The van der Waals surface area contributed by atoms with Gasteiger partial charge in [0.25, 0.3) is 0 Å². The number of pyridine rings is 1. The molecule has 5 nitrogen and oxygen atoms in total. The molecule has 1 atom stereocenters. The van der Waals surface area contributed by atoms with Crippen LogP contribution < -0.4 is 5.32 Å². The van der Waals surface area contributed by atoms with Crippen LogP contribution in [0.4, 0.5) is 5.82 Å². The van der Waals surface area contributed by atoms with Crippen molar-refractivity contribution >= 4 is 11.8 Å². The molecule has 0 saturated carbocycles. The Balaban J connectivity index is 2.91. The summed E-state index contributed by atoms with van der Waals surface area (Å²) in [5.74, 6) is 0.489. The Hall–Kier alpha value is -1.62. The Kier molecular flexibility index (Phi) is 5.58. The van der Waals surface area contributed by atoms with Crippen LogP contribution in [0.1, 0.15) is 24.2 Å². The smallest absolute Gasteiger partial charge is 0.341 e. The minimum atomic E-state index is -0.398. The second-order valence-electron chi connectivity index (χ2n) is 4.34. The molecule has 0 bridgehead atoms. The van der Waals surface area contributed by atoms with Gasteiger partial charge < -0.3 is 14.8 Å². The molecule has 5 heteroatoms. The number of carbonyl (C=O) groups excluding carboxylic acids is 1. The van der Waals surface area contributed by atoms with E-state index in [0.717, 1.165) is 0 Å². The Bertz CT molecular complexity index is 394. The summed E-state index contributed by atoms with van der Waals surface area (Å²) in [5, 5.41) is 3.23. The second kappa shape index (κ2) is 6.96. The third kappa shape index (κ3) is 3.70. The van der Waals surface area contributed by atoms with E-state index in [-0.39, 0.29) is 6.04 Å². The molecule has 100 valence electrons. The summed E-state index contributed by atoms with van der Waals surface area (Å²) in [7, 11) is 3.00. The van der Waals surface area contributed by atoms with Crippen LogP contribution in [0.3, 0.4) is 0 Å². The van der Waals surface area contributed by atoms with E-state index in [1.54, 1.807) is 25.4 Å². The van der Waals surface area contributed by atoms with Gasteiger partial charge in [0.05, 0.1) is 19.8 Å². The van der Waals surface area contributed by atoms with Crippen molar-refractivity contribution in [1.29, 1.82) is 0 Å². The van der Waals surface area contributed by atoms with Crippen molar-refractivity contribution in [3.8, 4) is 0 Å². The molecule has 0 aliphatic rings. The van der Waals surface area contributed by atoms with Crippen molar-refractivity contribution in [3.63, 3.8) is 0 Å². The fourth-order valence-corrected chi connectivity index (χ4v) is 1.55. The second-order valence-corrected chi connectivity index (χ2v) is 4.34. The standard InChI is InChI=1S/C13H20N2O3/c1-9(2)11(8-17-3)15-12-10(13(16)18-4)6-5-7-14-12/h5-7,9,11H,8H2,1-4H3,(H,14,15). The van der Waals surface area contributed by atoms with Gasteiger partial charge in [0.15, 0.2) is 0 Å². The lowest BCUT2D eigenvalue weighted by atomic mass is 10.1. The topological polar surface area (TPSA) is 60.5 Å². The number of nitrogens with one attached hydrogen (secondary N) is 1. The van der Waals surface area contributed by atoms with Gasteiger partial charge in [-0.05, 0) is 18.1 Å². The number of hydrogen-bond donors (Lipinski definition) is 1. The molecule has 0 aliphatic heterocycles. The van der Waals surface area contributed by atoms with Crippen LogP contribution >= 0.6 is 0 Å². The lowest BCUT2D eigenvalue weighted by molar-refractivity contribution is 0.0601. The first kappa shape index (κ1) is 14.4. The monoisotopic (exact) mass is 252 g/mol. The normalized spacial score (nSPS) is 12.3. The Labute approximate surface area is 108 Å². The van der Waals surface area contributed by atoms with Gasteiger partial charge in [0.1, 0.15) is 11.4 Å². The van der Waals surface area contributed by atoms with Crippen molar-refractivity contribution in [2.24, 2.45) is 5.92 Å². The molecular formula is C13H20N2O3. The number of nitrogens with zero attached hydrogens (tertiary/aromatic N) is 1. The van der Waals surface area contributed by atoms with Crippen molar-refractivity contribution in [3.05, 3.63) is 23.9 Å². The highest BCUT2D eigenvalue weighted by atomic mass is 16.5. The highest BCUT2D eigenvalue weighted by molar-refractivity contribution is 5.94. The van der Waals surface area contributed by atoms with E-state index >= 15 is 0 Å². The first-order valence-electron chi connectivity index (χ1n) is 5.89. The van der Waals surface area contributed by atoms with Gasteiger partial charge in [-0.1, -0.05) is 13.8 Å². The third-order valence-corrected chi connectivity index (χ3v) is 2.69. The van der Waals surface area contributed by atoms with E-state index in [2.05, 4.69) is 24.1 Å². The quantitative estimate of drug-likeness (QED) is 0.784. The van der Waals surface area contributed by atoms with Crippen LogP contribution in [0, 0.1) is 5.92 Å². The first-order chi connectivity index (χ1) is 8.60. The molecule has 1 aromatic rings. The molecule has 1 unspecified atom stereocenters. The summed E-state index contributed by atoms with van der Waals surface area (Å²) in [6.45, 7) is 4.71. The van der Waals surface area contributed by atoms with Gasteiger partial charge in [-0.2, -0.15) is 0 Å². The number of aromatic nitrogens is 1. The van der Waals surface area contributed by atoms with E-state index in [1.807, 2.05) is 0 Å². The number of methoxy groups -OCH3 is 2. The largest absolute Gasteiger partial charge is 0.465 e. The maximum Gasteiger partial charge on any atom is 0.341 e. The summed E-state index contributed by atoms with van der Waals surface area (Å²) in [6, 6.07) is 3.48. The van der Waals surface area contributed by atoms with Crippen molar-refractivity contribution in [1.82, 2.24) is 4.98 Å². The number of hydrogen-bond acceptors (Lipinski definition) is 5.